The summed E-state index contributed by atoms with van der Waals surface area (Å²) in [7, 11) is 0. The van der Waals surface area contributed by atoms with Gasteiger partial charge in [-0.15, -0.1) is 0 Å². The van der Waals surface area contributed by atoms with E-state index in [1.807, 2.05) is 0 Å². The second kappa shape index (κ2) is 10.9. The lowest BCUT2D eigenvalue weighted by molar-refractivity contribution is -0.137. The van der Waals surface area contributed by atoms with Crippen LogP contribution in [-0.4, -0.2) is 34.8 Å². The van der Waals surface area contributed by atoms with Gasteiger partial charge in [0, 0.05) is 6.42 Å². The SMILES string of the molecule is O=C(O)CCCC=CC[C@@H]1[C@H](CCSCCc2ccccc2)[C@@H]2CC[C@H]1O2. The summed E-state index contributed by atoms with van der Waals surface area (Å²) < 4.78 is 6.21. The largest absolute Gasteiger partial charge is 0.481 e. The van der Waals surface area contributed by atoms with E-state index < -0.39 is 5.97 Å². The van der Waals surface area contributed by atoms with Crippen LogP contribution in [0.15, 0.2) is 42.5 Å². The maximum atomic E-state index is 10.6. The van der Waals surface area contributed by atoms with Gasteiger partial charge in [0.15, 0.2) is 0 Å². The number of allylic oxidation sites excluding steroid dienone is 2. The molecule has 3 rings (SSSR count). The van der Waals surface area contributed by atoms with Crippen LogP contribution in [0, 0.1) is 11.8 Å². The highest BCUT2D eigenvalue weighted by molar-refractivity contribution is 7.99. The van der Waals surface area contributed by atoms with Crippen LogP contribution in [0.2, 0.25) is 0 Å². The van der Waals surface area contributed by atoms with Crippen LogP contribution < -0.4 is 0 Å². The molecule has 27 heavy (non-hydrogen) atoms. The zero-order valence-electron chi connectivity index (χ0n) is 16.1. The molecule has 1 aromatic carbocycles. The first-order chi connectivity index (χ1) is 13.2. The Bertz CT molecular complexity index is 601. The van der Waals surface area contributed by atoms with Crippen LogP contribution >= 0.6 is 11.8 Å². The molecule has 1 aromatic rings. The average molecular weight is 389 g/mol. The summed E-state index contributed by atoms with van der Waals surface area (Å²) in [4.78, 5) is 10.6. The van der Waals surface area contributed by atoms with E-state index in [-0.39, 0.29) is 6.42 Å². The van der Waals surface area contributed by atoms with Crippen molar-refractivity contribution in [3.63, 3.8) is 0 Å². The van der Waals surface area contributed by atoms with Crippen LogP contribution in [0.3, 0.4) is 0 Å². The van der Waals surface area contributed by atoms with E-state index in [2.05, 4.69) is 54.2 Å². The number of carboxylic acid groups (broad SMARTS) is 1. The second-order valence-corrected chi connectivity index (χ2v) is 8.97. The van der Waals surface area contributed by atoms with E-state index in [9.17, 15) is 4.79 Å². The quantitative estimate of drug-likeness (QED) is 0.387. The predicted octanol–water partition coefficient (Wildman–Crippen LogP) is 5.35. The van der Waals surface area contributed by atoms with Gasteiger partial charge in [0.25, 0.3) is 0 Å². The summed E-state index contributed by atoms with van der Waals surface area (Å²) in [6.45, 7) is 0. The van der Waals surface area contributed by atoms with Crippen LogP contribution in [0.5, 0.6) is 0 Å². The highest BCUT2D eigenvalue weighted by Gasteiger charge is 2.47. The number of carbonyl (C=O) groups is 1. The molecular formula is C23H32O3S. The van der Waals surface area contributed by atoms with E-state index in [0.29, 0.717) is 24.0 Å². The monoisotopic (exact) mass is 388 g/mol. The van der Waals surface area contributed by atoms with Crippen molar-refractivity contribution in [2.24, 2.45) is 11.8 Å². The van der Waals surface area contributed by atoms with E-state index in [1.54, 1.807) is 0 Å². The second-order valence-electron chi connectivity index (χ2n) is 7.75. The van der Waals surface area contributed by atoms with Crippen molar-refractivity contribution in [1.29, 1.82) is 0 Å². The van der Waals surface area contributed by atoms with Gasteiger partial charge >= 0.3 is 5.97 Å². The van der Waals surface area contributed by atoms with Crippen LogP contribution in [0.25, 0.3) is 0 Å². The first kappa shape index (κ1) is 20.5. The smallest absolute Gasteiger partial charge is 0.303 e. The lowest BCUT2D eigenvalue weighted by Gasteiger charge is -2.27. The van der Waals surface area contributed by atoms with E-state index >= 15 is 0 Å². The van der Waals surface area contributed by atoms with Gasteiger partial charge in [-0.1, -0.05) is 42.5 Å². The van der Waals surface area contributed by atoms with E-state index in [4.69, 9.17) is 9.84 Å². The number of rotatable bonds is 12. The van der Waals surface area contributed by atoms with Gasteiger partial charge in [0.2, 0.25) is 0 Å². The molecule has 4 heteroatoms. The summed E-state index contributed by atoms with van der Waals surface area (Å²) in [5.74, 6) is 3.09. The van der Waals surface area contributed by atoms with Gasteiger partial charge in [-0.25, -0.2) is 0 Å². The molecule has 148 valence electrons. The number of thioether (sulfide) groups is 1. The van der Waals surface area contributed by atoms with Crippen LogP contribution in [0.4, 0.5) is 0 Å². The Morgan fingerprint density at radius 2 is 1.89 bits per heavy atom. The number of unbranched alkanes of at least 4 members (excludes halogenated alkanes) is 1. The summed E-state index contributed by atoms with van der Waals surface area (Å²) in [5, 5.41) is 8.69. The maximum absolute atomic E-state index is 10.6. The van der Waals surface area contributed by atoms with Crippen molar-refractivity contribution in [3.8, 4) is 0 Å². The van der Waals surface area contributed by atoms with Gasteiger partial charge in [0.1, 0.15) is 0 Å². The third-order valence-electron chi connectivity index (χ3n) is 5.90. The molecule has 2 bridgehead atoms. The molecule has 3 nitrogen and oxygen atoms in total. The minimum atomic E-state index is -0.699. The standard InChI is InChI=1S/C23H32O3S/c24-23(25)11-7-2-1-6-10-19-20(22-13-12-21(19)26-22)15-17-27-16-14-18-8-4-3-5-9-18/h1,3-6,8-9,19-22H,2,7,10-17H2,(H,24,25)/t19-,20+,21-,22+/m1/s1. The fraction of sp³-hybridized carbons (Fsp3) is 0.609. The molecule has 1 N–H and O–H groups in total. The molecular weight excluding hydrogens is 356 g/mol. The molecule has 2 aliphatic heterocycles. The molecule has 0 aromatic heterocycles. The van der Waals surface area contributed by atoms with E-state index in [1.165, 1.54) is 36.3 Å². The van der Waals surface area contributed by atoms with Gasteiger partial charge in [-0.2, -0.15) is 11.8 Å². The minimum Gasteiger partial charge on any atom is -0.481 e. The number of fused-ring (bicyclic) bond motifs is 2. The molecule has 0 radical (unpaired) electrons. The van der Waals surface area contributed by atoms with Gasteiger partial charge in [0.05, 0.1) is 12.2 Å². The Balaban J connectivity index is 1.35. The molecule has 2 heterocycles. The zero-order valence-corrected chi connectivity index (χ0v) is 16.9. The molecule has 0 unspecified atom stereocenters. The molecule has 0 saturated carbocycles. The Morgan fingerprint density at radius 1 is 1.11 bits per heavy atom. The molecule has 0 spiro atoms. The van der Waals surface area contributed by atoms with Crippen molar-refractivity contribution in [2.75, 3.05) is 11.5 Å². The number of hydrogen-bond acceptors (Lipinski definition) is 3. The van der Waals surface area contributed by atoms with Crippen molar-refractivity contribution in [3.05, 3.63) is 48.0 Å². The Hall–Kier alpha value is -1.26. The minimum absolute atomic E-state index is 0.268. The van der Waals surface area contributed by atoms with Crippen LogP contribution in [0.1, 0.15) is 50.5 Å². The number of aryl methyl sites for hydroxylation is 1. The highest BCUT2D eigenvalue weighted by atomic mass is 32.2. The molecule has 2 aliphatic rings. The Morgan fingerprint density at radius 3 is 2.67 bits per heavy atom. The fourth-order valence-corrected chi connectivity index (χ4v) is 5.52. The van der Waals surface area contributed by atoms with Crippen molar-refractivity contribution in [2.45, 2.75) is 63.6 Å². The summed E-state index contributed by atoms with van der Waals surface area (Å²) >= 11 is 2.07. The van der Waals surface area contributed by atoms with Gasteiger partial charge in [-0.05, 0) is 73.9 Å². The molecule has 0 aliphatic carbocycles. The summed E-state index contributed by atoms with van der Waals surface area (Å²) in [6.07, 6.45) is 13.2. The first-order valence-corrected chi connectivity index (χ1v) is 11.5. The number of aliphatic carboxylic acids is 1. The lowest BCUT2D eigenvalue weighted by atomic mass is 9.76. The molecule has 2 fully saturated rings. The Labute approximate surface area is 167 Å². The van der Waals surface area contributed by atoms with Crippen molar-refractivity contribution >= 4 is 17.7 Å². The van der Waals surface area contributed by atoms with Gasteiger partial charge < -0.3 is 9.84 Å². The lowest BCUT2D eigenvalue weighted by Crippen LogP contribution is -2.27. The third-order valence-corrected chi connectivity index (χ3v) is 6.92. The number of hydrogen-bond donors (Lipinski definition) is 1. The number of ether oxygens (including phenoxy) is 1. The van der Waals surface area contributed by atoms with Gasteiger partial charge in [-0.3, -0.25) is 4.79 Å². The number of benzene rings is 1. The maximum Gasteiger partial charge on any atom is 0.303 e. The van der Waals surface area contributed by atoms with Crippen molar-refractivity contribution in [1.82, 2.24) is 0 Å². The predicted molar refractivity (Wildman–Crippen MR) is 112 cm³/mol. The molecule has 0 amide bonds. The van der Waals surface area contributed by atoms with Crippen molar-refractivity contribution < 1.29 is 14.6 Å². The summed E-state index contributed by atoms with van der Waals surface area (Å²) in [5.41, 5.74) is 1.43. The first-order valence-electron chi connectivity index (χ1n) is 10.4. The van der Waals surface area contributed by atoms with Crippen LogP contribution in [-0.2, 0) is 16.0 Å². The zero-order chi connectivity index (χ0) is 18.9. The Kier molecular flexibility index (Phi) is 8.28. The topological polar surface area (TPSA) is 46.5 Å². The molecule has 2 saturated heterocycles. The van der Waals surface area contributed by atoms with E-state index in [0.717, 1.165) is 25.7 Å². The fourth-order valence-electron chi connectivity index (χ4n) is 4.50. The normalized spacial score (nSPS) is 26.8. The average Bonchev–Trinajstić information content (AvgIpc) is 3.27. The highest BCUT2D eigenvalue weighted by Crippen LogP contribution is 2.47. The number of carboxylic acids is 1. The molecule has 4 atom stereocenters. The summed E-state index contributed by atoms with van der Waals surface area (Å²) in [6, 6.07) is 10.7. The third kappa shape index (κ3) is 6.39.